The fraction of sp³-hybridized carbons (Fsp3) is 0.391. The first kappa shape index (κ1) is 28.2. The van der Waals surface area contributed by atoms with Crippen molar-refractivity contribution in [1.29, 1.82) is 0 Å². The number of piperidine rings is 1. The fourth-order valence-corrected chi connectivity index (χ4v) is 4.31. The SMILES string of the molecule is O=C(NC(C(F)(F)F)C(F)(F)F)c1cn(-c2ncc(F)cc2F)c2nc(N3CCCC[C@@H]3CO)ccc2c1=O. The summed E-state index contributed by atoms with van der Waals surface area (Å²) in [5.74, 6) is -5.00. The van der Waals surface area contributed by atoms with Gasteiger partial charge >= 0.3 is 12.4 Å². The lowest BCUT2D eigenvalue weighted by Gasteiger charge is -2.35. The van der Waals surface area contributed by atoms with Crippen molar-refractivity contribution in [3.05, 3.63) is 58.0 Å². The summed E-state index contributed by atoms with van der Waals surface area (Å²) in [6.07, 6.45) is -8.66. The van der Waals surface area contributed by atoms with Gasteiger partial charge in [0.25, 0.3) is 5.91 Å². The number of amides is 1. The van der Waals surface area contributed by atoms with Crippen LogP contribution in [0.15, 0.2) is 35.4 Å². The Morgan fingerprint density at radius 2 is 1.82 bits per heavy atom. The first-order valence-electron chi connectivity index (χ1n) is 11.4. The quantitative estimate of drug-likeness (QED) is 0.459. The third kappa shape index (κ3) is 5.65. The standard InChI is InChI=1S/C23H19F8N5O3/c24-11-7-15(25)19(32-8-11)36-9-14(20(39)34-21(22(26,27)28)23(29,30)31)17(38)13-4-5-16(33-18(13)36)35-6-2-1-3-12(35)10-37/h4-5,7-9,12,21,37H,1-3,6,10H2,(H,34,39)/t12-/m1/s1. The van der Waals surface area contributed by atoms with Gasteiger partial charge in [0.1, 0.15) is 17.2 Å². The summed E-state index contributed by atoms with van der Waals surface area (Å²) in [4.78, 5) is 35.3. The Morgan fingerprint density at radius 1 is 1.13 bits per heavy atom. The molecular weight excluding hydrogens is 546 g/mol. The molecule has 1 fully saturated rings. The predicted octanol–water partition coefficient (Wildman–Crippen LogP) is 3.63. The highest BCUT2D eigenvalue weighted by molar-refractivity contribution is 5.97. The molecule has 0 aromatic carbocycles. The molecule has 1 amide bonds. The van der Waals surface area contributed by atoms with Crippen LogP contribution in [0.5, 0.6) is 0 Å². The van der Waals surface area contributed by atoms with Crippen molar-refractivity contribution < 1.29 is 45.0 Å². The molecule has 1 aliphatic rings. The zero-order chi connectivity index (χ0) is 28.7. The molecule has 0 spiro atoms. The van der Waals surface area contributed by atoms with Crippen molar-refractivity contribution in [2.24, 2.45) is 0 Å². The minimum absolute atomic E-state index is 0.211. The number of pyridine rings is 3. The number of hydrogen-bond acceptors (Lipinski definition) is 6. The molecule has 0 bridgehead atoms. The number of carbonyl (C=O) groups excluding carboxylic acids is 1. The number of nitrogens with zero attached hydrogens (tertiary/aromatic N) is 4. The van der Waals surface area contributed by atoms with E-state index in [9.17, 15) is 49.8 Å². The van der Waals surface area contributed by atoms with E-state index in [1.807, 2.05) is 0 Å². The van der Waals surface area contributed by atoms with Crippen molar-refractivity contribution in [2.45, 2.75) is 43.7 Å². The van der Waals surface area contributed by atoms with E-state index in [1.165, 1.54) is 6.07 Å². The number of carbonyl (C=O) groups is 1. The summed E-state index contributed by atoms with van der Waals surface area (Å²) in [5.41, 5.74) is -2.86. The Bertz CT molecular complexity index is 1440. The Balaban J connectivity index is 1.92. The number of nitrogens with one attached hydrogen (secondary N) is 1. The van der Waals surface area contributed by atoms with Gasteiger partial charge < -0.3 is 15.3 Å². The van der Waals surface area contributed by atoms with Gasteiger partial charge in [-0.1, -0.05) is 0 Å². The van der Waals surface area contributed by atoms with E-state index in [-0.39, 0.29) is 24.1 Å². The third-order valence-electron chi connectivity index (χ3n) is 6.16. The lowest BCUT2D eigenvalue weighted by Crippen LogP contribution is -2.55. The lowest BCUT2D eigenvalue weighted by molar-refractivity contribution is -0.255. The van der Waals surface area contributed by atoms with Crippen molar-refractivity contribution in [1.82, 2.24) is 19.9 Å². The van der Waals surface area contributed by atoms with Crippen LogP contribution in [0.3, 0.4) is 0 Å². The van der Waals surface area contributed by atoms with Crippen LogP contribution in [-0.2, 0) is 0 Å². The van der Waals surface area contributed by atoms with Crippen LogP contribution in [0.1, 0.15) is 29.6 Å². The molecule has 4 rings (SSSR count). The maximum atomic E-state index is 14.7. The largest absolute Gasteiger partial charge is 0.417 e. The maximum absolute atomic E-state index is 14.7. The molecule has 1 aliphatic heterocycles. The van der Waals surface area contributed by atoms with Gasteiger partial charge in [0.2, 0.25) is 11.5 Å². The number of fused-ring (bicyclic) bond motifs is 1. The fourth-order valence-electron chi connectivity index (χ4n) is 4.31. The van der Waals surface area contributed by atoms with Gasteiger partial charge in [-0.15, -0.1) is 0 Å². The summed E-state index contributed by atoms with van der Waals surface area (Å²) < 4.78 is 107. The van der Waals surface area contributed by atoms with E-state index < -0.39 is 58.1 Å². The topological polar surface area (TPSA) is 100 Å². The van der Waals surface area contributed by atoms with Gasteiger partial charge in [0.15, 0.2) is 17.3 Å². The predicted molar refractivity (Wildman–Crippen MR) is 120 cm³/mol. The number of aliphatic hydroxyl groups excluding tert-OH is 1. The number of anilines is 1. The van der Waals surface area contributed by atoms with Gasteiger partial charge in [-0.3, -0.25) is 14.2 Å². The van der Waals surface area contributed by atoms with Crippen LogP contribution in [0.4, 0.5) is 40.9 Å². The van der Waals surface area contributed by atoms with Crippen molar-refractivity contribution in [2.75, 3.05) is 18.1 Å². The molecule has 39 heavy (non-hydrogen) atoms. The van der Waals surface area contributed by atoms with Crippen LogP contribution in [0, 0.1) is 11.6 Å². The maximum Gasteiger partial charge on any atom is 0.417 e. The first-order valence-corrected chi connectivity index (χ1v) is 11.4. The third-order valence-corrected chi connectivity index (χ3v) is 6.16. The second-order valence-corrected chi connectivity index (χ2v) is 8.76. The highest BCUT2D eigenvalue weighted by Gasteiger charge is 2.57. The van der Waals surface area contributed by atoms with Gasteiger partial charge in [0.05, 0.1) is 24.2 Å². The number of hydrogen-bond donors (Lipinski definition) is 2. The summed E-state index contributed by atoms with van der Waals surface area (Å²) >= 11 is 0. The summed E-state index contributed by atoms with van der Waals surface area (Å²) in [6.45, 7) is 0.216. The Labute approximate surface area is 213 Å². The van der Waals surface area contributed by atoms with Crippen LogP contribution >= 0.6 is 0 Å². The van der Waals surface area contributed by atoms with E-state index in [1.54, 1.807) is 4.90 Å². The van der Waals surface area contributed by atoms with Crippen molar-refractivity contribution in [3.8, 4) is 5.82 Å². The molecule has 0 unspecified atom stereocenters. The second kappa shape index (κ2) is 10.4. The number of rotatable bonds is 5. The second-order valence-electron chi connectivity index (χ2n) is 8.76. The van der Waals surface area contributed by atoms with Gasteiger partial charge in [-0.25, -0.2) is 18.7 Å². The normalized spacial score (nSPS) is 16.7. The van der Waals surface area contributed by atoms with Crippen LogP contribution < -0.4 is 15.6 Å². The van der Waals surface area contributed by atoms with Crippen molar-refractivity contribution >= 4 is 22.8 Å². The number of aliphatic hydroxyl groups is 1. The Hall–Kier alpha value is -3.82. The zero-order valence-electron chi connectivity index (χ0n) is 19.7. The molecule has 3 aromatic heterocycles. The molecule has 2 N–H and O–H groups in total. The Kier molecular flexibility index (Phi) is 7.51. The summed E-state index contributed by atoms with van der Waals surface area (Å²) in [6, 6.07) is -1.83. The van der Waals surface area contributed by atoms with Gasteiger partial charge in [-0.05, 0) is 31.4 Å². The molecule has 1 atom stereocenters. The van der Waals surface area contributed by atoms with Crippen LogP contribution in [0.2, 0.25) is 0 Å². The molecule has 3 aromatic rings. The lowest BCUT2D eigenvalue weighted by atomic mass is 10.0. The number of alkyl halides is 6. The number of aromatic nitrogens is 3. The van der Waals surface area contributed by atoms with E-state index in [4.69, 9.17) is 0 Å². The molecule has 210 valence electrons. The molecule has 8 nitrogen and oxygen atoms in total. The molecule has 0 aliphatic carbocycles. The summed E-state index contributed by atoms with van der Waals surface area (Å²) in [7, 11) is 0. The highest BCUT2D eigenvalue weighted by Crippen LogP contribution is 2.33. The zero-order valence-corrected chi connectivity index (χ0v) is 19.7. The highest BCUT2D eigenvalue weighted by atomic mass is 19.4. The molecular formula is C23H19F8N5O3. The molecule has 4 heterocycles. The van der Waals surface area contributed by atoms with E-state index in [0.717, 1.165) is 24.2 Å². The molecule has 1 saturated heterocycles. The molecule has 16 heteroatoms. The minimum Gasteiger partial charge on any atom is -0.394 e. The first-order chi connectivity index (χ1) is 18.2. The van der Waals surface area contributed by atoms with E-state index >= 15 is 0 Å². The average molecular weight is 565 g/mol. The Morgan fingerprint density at radius 3 is 2.44 bits per heavy atom. The van der Waals surface area contributed by atoms with Gasteiger partial charge in [0, 0.05) is 18.8 Å². The van der Waals surface area contributed by atoms with E-state index in [0.29, 0.717) is 36.0 Å². The monoisotopic (exact) mass is 565 g/mol. The summed E-state index contributed by atoms with van der Waals surface area (Å²) in [5, 5.41) is 10.0. The van der Waals surface area contributed by atoms with Crippen molar-refractivity contribution in [3.63, 3.8) is 0 Å². The number of halogens is 8. The van der Waals surface area contributed by atoms with Crippen LogP contribution in [0.25, 0.3) is 16.9 Å². The smallest absolute Gasteiger partial charge is 0.394 e. The van der Waals surface area contributed by atoms with E-state index in [2.05, 4.69) is 9.97 Å². The average Bonchev–Trinajstić information content (AvgIpc) is 2.86. The molecule has 0 radical (unpaired) electrons. The molecule has 0 saturated carbocycles. The van der Waals surface area contributed by atoms with Crippen LogP contribution in [-0.4, -0.2) is 63.1 Å². The van der Waals surface area contributed by atoms with Gasteiger partial charge in [-0.2, -0.15) is 26.3 Å². The minimum atomic E-state index is -5.94.